The van der Waals surface area contributed by atoms with Gasteiger partial charge in [-0.25, -0.2) is 0 Å². The Balaban J connectivity index is 1.72. The van der Waals surface area contributed by atoms with Gasteiger partial charge in [-0.15, -0.1) is 0 Å². The molecule has 2 N–H and O–H groups in total. The zero-order valence-corrected chi connectivity index (χ0v) is 12.4. The molecule has 0 saturated heterocycles. The summed E-state index contributed by atoms with van der Waals surface area (Å²) >= 11 is 0. The second-order valence-corrected chi connectivity index (χ2v) is 7.14. The topological polar surface area (TPSA) is 44.5 Å². The van der Waals surface area contributed by atoms with Crippen molar-refractivity contribution in [2.45, 2.75) is 51.0 Å². The molecule has 2 fully saturated rings. The third-order valence-corrected chi connectivity index (χ3v) is 5.51. The van der Waals surface area contributed by atoms with Gasteiger partial charge in [0.1, 0.15) is 0 Å². The van der Waals surface area contributed by atoms with Crippen LogP contribution in [0, 0.1) is 12.3 Å². The Morgan fingerprint density at radius 1 is 1.05 bits per heavy atom. The normalized spacial score (nSPS) is 25.9. The molecule has 1 heterocycles. The maximum atomic E-state index is 6.22. The Labute approximate surface area is 120 Å². The van der Waals surface area contributed by atoms with Crippen molar-refractivity contribution in [3.8, 4) is 11.5 Å². The molecule has 3 nitrogen and oxygen atoms in total. The largest absolute Gasteiger partial charge is 0.489 e. The summed E-state index contributed by atoms with van der Waals surface area (Å²) in [5.74, 6) is 1.83. The minimum atomic E-state index is 0.173. The number of aryl methyl sites for hydroxylation is 1. The van der Waals surface area contributed by atoms with Gasteiger partial charge in [-0.1, -0.05) is 0 Å². The highest BCUT2D eigenvalue weighted by Gasteiger charge is 2.49. The standard InChI is InChI=1S/C17H23NO2/c1-11-7-14-15(20-10-16(3-4-16)9-19-14)8-13(11)17(5-6-17)12(2)18/h7-8,12H,3-6,9-10,18H2,1-2H3. The first-order valence-corrected chi connectivity index (χ1v) is 7.71. The number of hydrogen-bond acceptors (Lipinski definition) is 3. The predicted octanol–water partition coefficient (Wildman–Crippen LogP) is 2.93. The quantitative estimate of drug-likeness (QED) is 0.901. The van der Waals surface area contributed by atoms with Crippen LogP contribution in [-0.2, 0) is 5.41 Å². The van der Waals surface area contributed by atoms with Gasteiger partial charge in [0.05, 0.1) is 13.2 Å². The van der Waals surface area contributed by atoms with Crippen molar-refractivity contribution in [3.63, 3.8) is 0 Å². The van der Waals surface area contributed by atoms with Crippen molar-refractivity contribution in [1.82, 2.24) is 0 Å². The molecule has 3 heteroatoms. The maximum absolute atomic E-state index is 6.22. The lowest BCUT2D eigenvalue weighted by molar-refractivity contribution is 0.197. The zero-order valence-electron chi connectivity index (χ0n) is 12.4. The minimum Gasteiger partial charge on any atom is -0.489 e. The van der Waals surface area contributed by atoms with Gasteiger partial charge in [0.2, 0.25) is 0 Å². The lowest BCUT2D eigenvalue weighted by Crippen LogP contribution is -2.32. The molecular weight excluding hydrogens is 250 g/mol. The monoisotopic (exact) mass is 273 g/mol. The molecule has 1 spiro atoms. The Morgan fingerprint density at radius 3 is 2.15 bits per heavy atom. The predicted molar refractivity (Wildman–Crippen MR) is 78.4 cm³/mol. The number of fused-ring (bicyclic) bond motifs is 1. The van der Waals surface area contributed by atoms with E-state index in [2.05, 4.69) is 26.0 Å². The third-order valence-electron chi connectivity index (χ3n) is 5.51. The third kappa shape index (κ3) is 1.76. The SMILES string of the molecule is Cc1cc2c(cc1C1(C(C)N)CC1)OCC1(CC1)CO2. The van der Waals surface area contributed by atoms with Crippen LogP contribution in [0.2, 0.25) is 0 Å². The van der Waals surface area contributed by atoms with E-state index in [0.717, 1.165) is 24.7 Å². The molecule has 0 bridgehead atoms. The molecular formula is C17H23NO2. The van der Waals surface area contributed by atoms with Crippen LogP contribution in [0.25, 0.3) is 0 Å². The summed E-state index contributed by atoms with van der Waals surface area (Å²) in [5, 5.41) is 0. The van der Waals surface area contributed by atoms with E-state index in [1.54, 1.807) is 0 Å². The number of ether oxygens (including phenoxy) is 2. The number of nitrogens with two attached hydrogens (primary N) is 1. The summed E-state index contributed by atoms with van der Waals surface area (Å²) in [6.07, 6.45) is 4.84. The van der Waals surface area contributed by atoms with Crippen LogP contribution in [-0.4, -0.2) is 19.3 Å². The van der Waals surface area contributed by atoms with Gasteiger partial charge in [0.15, 0.2) is 11.5 Å². The minimum absolute atomic E-state index is 0.173. The molecule has 1 unspecified atom stereocenters. The molecule has 1 aromatic carbocycles. The highest BCUT2D eigenvalue weighted by atomic mass is 16.5. The molecule has 108 valence electrons. The Hall–Kier alpha value is -1.22. The van der Waals surface area contributed by atoms with Gasteiger partial charge in [-0.2, -0.15) is 0 Å². The summed E-state index contributed by atoms with van der Waals surface area (Å²) in [6.45, 7) is 5.89. The van der Waals surface area contributed by atoms with Crippen molar-refractivity contribution in [1.29, 1.82) is 0 Å². The molecule has 0 amide bonds. The number of hydrogen-bond donors (Lipinski definition) is 1. The van der Waals surface area contributed by atoms with E-state index in [9.17, 15) is 0 Å². The molecule has 1 aromatic rings. The average molecular weight is 273 g/mol. The van der Waals surface area contributed by atoms with Gasteiger partial charge in [0.25, 0.3) is 0 Å². The molecule has 0 aromatic heterocycles. The fourth-order valence-electron chi connectivity index (χ4n) is 3.50. The fraction of sp³-hybridized carbons (Fsp3) is 0.647. The molecule has 20 heavy (non-hydrogen) atoms. The number of rotatable bonds is 2. The summed E-state index contributed by atoms with van der Waals surface area (Å²) in [5.41, 5.74) is 9.34. The van der Waals surface area contributed by atoms with Crippen LogP contribution in [0.5, 0.6) is 11.5 Å². The van der Waals surface area contributed by atoms with E-state index >= 15 is 0 Å². The van der Waals surface area contributed by atoms with E-state index in [1.807, 2.05) is 0 Å². The highest BCUT2D eigenvalue weighted by Crippen LogP contribution is 2.54. The molecule has 0 radical (unpaired) electrons. The Morgan fingerprint density at radius 2 is 1.65 bits per heavy atom. The van der Waals surface area contributed by atoms with E-state index in [-0.39, 0.29) is 11.5 Å². The lowest BCUT2D eigenvalue weighted by Gasteiger charge is -2.23. The van der Waals surface area contributed by atoms with E-state index < -0.39 is 0 Å². The van der Waals surface area contributed by atoms with Crippen LogP contribution in [0.4, 0.5) is 0 Å². The summed E-state index contributed by atoms with van der Waals surface area (Å²) in [7, 11) is 0. The highest BCUT2D eigenvalue weighted by molar-refractivity contribution is 5.52. The smallest absolute Gasteiger partial charge is 0.161 e. The van der Waals surface area contributed by atoms with Gasteiger partial charge in [-0.3, -0.25) is 0 Å². The second-order valence-electron chi connectivity index (χ2n) is 7.14. The van der Waals surface area contributed by atoms with Crippen molar-refractivity contribution < 1.29 is 9.47 Å². The first-order chi connectivity index (χ1) is 9.55. The van der Waals surface area contributed by atoms with Crippen molar-refractivity contribution in [2.75, 3.05) is 13.2 Å². The fourth-order valence-corrected chi connectivity index (χ4v) is 3.50. The molecule has 1 aliphatic heterocycles. The van der Waals surface area contributed by atoms with Crippen LogP contribution in [0.15, 0.2) is 12.1 Å². The first kappa shape index (κ1) is 12.5. The zero-order chi connectivity index (χ0) is 14.0. The van der Waals surface area contributed by atoms with Gasteiger partial charge in [0, 0.05) is 16.9 Å². The summed E-state index contributed by atoms with van der Waals surface area (Å²) in [4.78, 5) is 0. The van der Waals surface area contributed by atoms with Gasteiger partial charge < -0.3 is 15.2 Å². The first-order valence-electron chi connectivity index (χ1n) is 7.71. The molecule has 3 aliphatic rings. The molecule has 4 rings (SSSR count). The molecule has 2 aliphatic carbocycles. The van der Waals surface area contributed by atoms with E-state index in [1.165, 1.54) is 36.8 Å². The number of benzene rings is 1. The van der Waals surface area contributed by atoms with Crippen molar-refractivity contribution in [3.05, 3.63) is 23.3 Å². The van der Waals surface area contributed by atoms with Gasteiger partial charge >= 0.3 is 0 Å². The van der Waals surface area contributed by atoms with Crippen LogP contribution in [0.1, 0.15) is 43.7 Å². The molecule has 2 saturated carbocycles. The summed E-state index contributed by atoms with van der Waals surface area (Å²) < 4.78 is 12.1. The van der Waals surface area contributed by atoms with Crippen LogP contribution < -0.4 is 15.2 Å². The van der Waals surface area contributed by atoms with E-state index in [0.29, 0.717) is 5.41 Å². The second kappa shape index (κ2) is 3.91. The maximum Gasteiger partial charge on any atom is 0.161 e. The lowest BCUT2D eigenvalue weighted by atomic mass is 9.86. The van der Waals surface area contributed by atoms with E-state index in [4.69, 9.17) is 15.2 Å². The Bertz CT molecular complexity index is 556. The van der Waals surface area contributed by atoms with Crippen LogP contribution >= 0.6 is 0 Å². The van der Waals surface area contributed by atoms with Gasteiger partial charge in [-0.05, 0) is 62.8 Å². The van der Waals surface area contributed by atoms with Crippen molar-refractivity contribution >= 4 is 0 Å². The molecule has 1 atom stereocenters. The average Bonchev–Trinajstić information content (AvgIpc) is 3.30. The van der Waals surface area contributed by atoms with Crippen LogP contribution in [0.3, 0.4) is 0 Å². The summed E-state index contributed by atoms with van der Waals surface area (Å²) in [6, 6.07) is 4.54. The Kier molecular flexibility index (Phi) is 2.45. The van der Waals surface area contributed by atoms with Crippen molar-refractivity contribution in [2.24, 2.45) is 11.1 Å².